The molecule has 2 aromatic heterocycles. The Morgan fingerprint density at radius 2 is 2.16 bits per heavy atom. The number of carboxylic acid groups (broad SMARTS) is 1. The first kappa shape index (κ1) is 13.0. The number of aliphatic carboxylic acids is 1. The Morgan fingerprint density at radius 3 is 2.74 bits per heavy atom. The molecule has 98 valence electrons. The average Bonchev–Trinajstić information content (AvgIpc) is 2.46. The van der Waals surface area contributed by atoms with Crippen LogP contribution in [0.1, 0.15) is 6.42 Å². The van der Waals surface area contributed by atoms with Crippen LogP contribution >= 0.6 is 0 Å². The zero-order valence-corrected chi connectivity index (χ0v) is 10.2. The Kier molecular flexibility index (Phi) is 4.09. The van der Waals surface area contributed by atoms with Gasteiger partial charge in [-0.1, -0.05) is 4.68 Å². The molecule has 0 aliphatic heterocycles. The average molecular weight is 260 g/mol. The summed E-state index contributed by atoms with van der Waals surface area (Å²) in [7, 11) is 0. The molecule has 0 saturated heterocycles. The van der Waals surface area contributed by atoms with E-state index in [1.165, 1.54) is 0 Å². The van der Waals surface area contributed by atoms with Gasteiger partial charge < -0.3 is 10.8 Å². The number of carbonyl (C=O) groups is 1. The quantitative estimate of drug-likeness (QED) is 0.710. The summed E-state index contributed by atoms with van der Waals surface area (Å²) in [5.74, 6) is -0.403. The minimum atomic E-state index is -1.00. The second-order valence-corrected chi connectivity index (χ2v) is 3.98. The van der Waals surface area contributed by atoms with Crippen molar-refractivity contribution in [2.45, 2.75) is 19.0 Å². The number of nitrogens with zero attached hydrogens (tertiary/aromatic N) is 4. The molecule has 0 aliphatic carbocycles. The summed E-state index contributed by atoms with van der Waals surface area (Å²) >= 11 is 0. The molecule has 3 N–H and O–H groups in total. The van der Waals surface area contributed by atoms with E-state index < -0.39 is 12.0 Å². The largest absolute Gasteiger partial charge is 0.480 e. The van der Waals surface area contributed by atoms with E-state index in [0.29, 0.717) is 18.8 Å². The zero-order chi connectivity index (χ0) is 13.7. The fourth-order valence-corrected chi connectivity index (χ4v) is 1.49. The van der Waals surface area contributed by atoms with Gasteiger partial charge in [0, 0.05) is 30.4 Å². The maximum Gasteiger partial charge on any atom is 0.320 e. The van der Waals surface area contributed by atoms with Crippen molar-refractivity contribution in [1.82, 2.24) is 15.1 Å². The van der Waals surface area contributed by atoms with E-state index in [1.54, 1.807) is 35.5 Å². The van der Waals surface area contributed by atoms with Gasteiger partial charge in [0.15, 0.2) is 18.6 Å². The number of rotatable bonds is 5. The minimum absolute atomic E-state index is 0.328. The van der Waals surface area contributed by atoms with Crippen LogP contribution in [0.2, 0.25) is 0 Å². The predicted molar refractivity (Wildman–Crippen MR) is 65.7 cm³/mol. The van der Waals surface area contributed by atoms with Gasteiger partial charge in [0.1, 0.15) is 12.2 Å². The minimum Gasteiger partial charge on any atom is -0.480 e. The normalized spacial score (nSPS) is 12.1. The molecule has 0 spiro atoms. The van der Waals surface area contributed by atoms with E-state index in [9.17, 15) is 4.79 Å². The maximum absolute atomic E-state index is 10.6. The summed E-state index contributed by atoms with van der Waals surface area (Å²) < 4.78 is 1.63. The van der Waals surface area contributed by atoms with Crippen LogP contribution in [0, 0.1) is 0 Å². The van der Waals surface area contributed by atoms with Gasteiger partial charge in [0.2, 0.25) is 0 Å². The highest BCUT2D eigenvalue weighted by Gasteiger charge is 2.14. The highest BCUT2D eigenvalue weighted by atomic mass is 16.4. The smallest absolute Gasteiger partial charge is 0.320 e. The third kappa shape index (κ3) is 3.52. The van der Waals surface area contributed by atoms with Crippen LogP contribution in [0.4, 0.5) is 0 Å². The Morgan fingerprint density at radius 1 is 1.42 bits per heavy atom. The van der Waals surface area contributed by atoms with Crippen molar-refractivity contribution in [1.29, 1.82) is 0 Å². The van der Waals surface area contributed by atoms with Crippen LogP contribution in [0.25, 0.3) is 11.4 Å². The van der Waals surface area contributed by atoms with Gasteiger partial charge in [-0.15, -0.1) is 0 Å². The summed E-state index contributed by atoms with van der Waals surface area (Å²) in [6.07, 6.45) is 7.04. The van der Waals surface area contributed by atoms with E-state index >= 15 is 0 Å². The molecule has 2 aromatic rings. The van der Waals surface area contributed by atoms with Crippen molar-refractivity contribution in [3.05, 3.63) is 36.9 Å². The lowest BCUT2D eigenvalue weighted by Gasteiger charge is -2.02. The van der Waals surface area contributed by atoms with Crippen LogP contribution in [0.3, 0.4) is 0 Å². The van der Waals surface area contributed by atoms with Crippen LogP contribution in [0.5, 0.6) is 0 Å². The fourth-order valence-electron chi connectivity index (χ4n) is 1.49. The number of nitrogens with two attached hydrogens (primary N) is 1. The Bertz CT molecular complexity index is 544. The molecule has 0 radical (unpaired) electrons. The van der Waals surface area contributed by atoms with Crippen LogP contribution < -0.4 is 10.4 Å². The van der Waals surface area contributed by atoms with Crippen molar-refractivity contribution >= 4 is 5.97 Å². The van der Waals surface area contributed by atoms with Gasteiger partial charge in [-0.3, -0.25) is 4.79 Å². The molecule has 0 fully saturated rings. The van der Waals surface area contributed by atoms with E-state index in [4.69, 9.17) is 10.8 Å². The Balaban J connectivity index is 2.01. The number of aryl methyl sites for hydroxylation is 1. The molecular formula is C12H14N5O2+. The highest BCUT2D eigenvalue weighted by molar-refractivity contribution is 5.72. The van der Waals surface area contributed by atoms with E-state index in [1.807, 2.05) is 6.07 Å². The summed E-state index contributed by atoms with van der Waals surface area (Å²) in [4.78, 5) is 18.8. The molecule has 0 aromatic carbocycles. The molecular weight excluding hydrogens is 246 g/mol. The standard InChI is InChI=1S/C12H13N5O2/c13-10(12(18)19)3-7-17-6-2-9(8-16-17)11-14-4-1-5-15-11/h1-2,4-6,8,10H,3,7,13H2/p+1. The molecule has 19 heavy (non-hydrogen) atoms. The summed E-state index contributed by atoms with van der Waals surface area (Å²) in [5, 5.41) is 12.9. The van der Waals surface area contributed by atoms with Crippen molar-refractivity contribution in [3.63, 3.8) is 0 Å². The van der Waals surface area contributed by atoms with Crippen LogP contribution in [-0.4, -0.2) is 32.2 Å². The monoisotopic (exact) mass is 260 g/mol. The number of hydrogen-bond donors (Lipinski definition) is 2. The molecule has 7 nitrogen and oxygen atoms in total. The van der Waals surface area contributed by atoms with E-state index in [-0.39, 0.29) is 0 Å². The van der Waals surface area contributed by atoms with E-state index in [2.05, 4.69) is 15.1 Å². The number of hydrogen-bond acceptors (Lipinski definition) is 5. The van der Waals surface area contributed by atoms with Gasteiger partial charge >= 0.3 is 5.97 Å². The lowest BCUT2D eigenvalue weighted by atomic mass is 10.2. The predicted octanol–water partition coefficient (Wildman–Crippen LogP) is -0.372. The molecule has 7 heteroatoms. The first-order chi connectivity index (χ1) is 9.16. The second kappa shape index (κ2) is 5.96. The molecule has 1 unspecified atom stereocenters. The number of carboxylic acids is 1. The molecule has 2 rings (SSSR count). The van der Waals surface area contributed by atoms with Gasteiger partial charge in [-0.2, -0.15) is 0 Å². The third-order valence-corrected chi connectivity index (χ3v) is 2.58. The summed E-state index contributed by atoms with van der Waals surface area (Å²) in [6, 6.07) is 2.70. The van der Waals surface area contributed by atoms with Crippen molar-refractivity contribution in [2.75, 3.05) is 0 Å². The summed E-state index contributed by atoms with van der Waals surface area (Å²) in [5.41, 5.74) is 6.23. The number of aromatic nitrogens is 4. The second-order valence-electron chi connectivity index (χ2n) is 3.98. The van der Waals surface area contributed by atoms with Crippen molar-refractivity contribution < 1.29 is 14.6 Å². The topological polar surface area (TPSA) is 106 Å². The van der Waals surface area contributed by atoms with Crippen molar-refractivity contribution in [2.24, 2.45) is 5.73 Å². The lowest BCUT2D eigenvalue weighted by Crippen LogP contribution is -2.42. The van der Waals surface area contributed by atoms with Gasteiger partial charge in [-0.25, -0.2) is 9.97 Å². The molecule has 0 bridgehead atoms. The molecule has 0 aliphatic rings. The first-order valence-electron chi connectivity index (χ1n) is 5.78. The maximum atomic E-state index is 10.6. The zero-order valence-electron chi connectivity index (χ0n) is 10.2. The first-order valence-corrected chi connectivity index (χ1v) is 5.78. The molecule has 0 amide bonds. The van der Waals surface area contributed by atoms with Crippen molar-refractivity contribution in [3.8, 4) is 11.4 Å². The molecule has 2 heterocycles. The highest BCUT2D eigenvalue weighted by Crippen LogP contribution is 2.09. The van der Waals surface area contributed by atoms with Crippen LogP contribution in [0.15, 0.2) is 36.9 Å². The third-order valence-electron chi connectivity index (χ3n) is 2.58. The van der Waals surface area contributed by atoms with Crippen LogP contribution in [-0.2, 0) is 11.3 Å². The van der Waals surface area contributed by atoms with Gasteiger partial charge in [0.25, 0.3) is 0 Å². The Hall–Kier alpha value is -2.41. The summed E-state index contributed by atoms with van der Waals surface area (Å²) in [6.45, 7) is 0.448. The van der Waals surface area contributed by atoms with Gasteiger partial charge in [0.05, 0.1) is 0 Å². The van der Waals surface area contributed by atoms with E-state index in [0.717, 1.165) is 5.56 Å². The Labute approximate surface area is 109 Å². The van der Waals surface area contributed by atoms with Gasteiger partial charge in [-0.05, 0) is 11.2 Å². The molecule has 0 saturated carbocycles. The molecule has 1 atom stereocenters. The lowest BCUT2D eigenvalue weighted by molar-refractivity contribution is -0.754. The SMILES string of the molecule is NC(CC[n+]1ccc(-c2ncccn2)cn1)C(=O)O. The fraction of sp³-hybridized carbons (Fsp3) is 0.250.